The molecule has 2 aliphatic heterocycles. The van der Waals surface area contributed by atoms with Gasteiger partial charge in [-0.2, -0.15) is 0 Å². The van der Waals surface area contributed by atoms with Crippen LogP contribution in [0.5, 0.6) is 0 Å². The lowest BCUT2D eigenvalue weighted by Crippen LogP contribution is -2.53. The summed E-state index contributed by atoms with van der Waals surface area (Å²) >= 11 is 0. The zero-order chi connectivity index (χ0) is 14.7. The third-order valence-corrected chi connectivity index (χ3v) is 4.77. The van der Waals surface area contributed by atoms with Crippen LogP contribution in [0.4, 0.5) is 5.69 Å². The van der Waals surface area contributed by atoms with Crippen LogP contribution in [0, 0.1) is 0 Å². The van der Waals surface area contributed by atoms with E-state index >= 15 is 0 Å². The van der Waals surface area contributed by atoms with E-state index in [1.807, 2.05) is 18.2 Å². The first kappa shape index (κ1) is 14.5. The van der Waals surface area contributed by atoms with Gasteiger partial charge in [0.2, 0.25) is 5.91 Å². The first-order valence-corrected chi connectivity index (χ1v) is 8.15. The molecule has 2 atom stereocenters. The minimum Gasteiger partial charge on any atom is -0.324 e. The van der Waals surface area contributed by atoms with Gasteiger partial charge in [-0.15, -0.1) is 0 Å². The number of piperidine rings is 1. The van der Waals surface area contributed by atoms with E-state index < -0.39 is 0 Å². The number of hydrogen-bond donors (Lipinski definition) is 2. The molecular weight excluding hydrogens is 262 g/mol. The summed E-state index contributed by atoms with van der Waals surface area (Å²) in [5.74, 6) is 0.160. The van der Waals surface area contributed by atoms with Gasteiger partial charge in [0.05, 0.1) is 6.04 Å². The Morgan fingerprint density at radius 3 is 2.90 bits per heavy atom. The van der Waals surface area contributed by atoms with Gasteiger partial charge in [0.25, 0.3) is 0 Å². The number of likely N-dealkylation sites (N-methyl/N-ethyl adjacent to an activating group) is 1. The zero-order valence-electron chi connectivity index (χ0n) is 12.8. The third-order valence-electron chi connectivity index (χ3n) is 4.77. The summed E-state index contributed by atoms with van der Waals surface area (Å²) in [4.78, 5) is 15.0. The highest BCUT2D eigenvalue weighted by Gasteiger charge is 2.32. The molecule has 21 heavy (non-hydrogen) atoms. The molecule has 1 amide bonds. The molecule has 0 spiro atoms. The molecule has 2 N–H and O–H groups in total. The summed E-state index contributed by atoms with van der Waals surface area (Å²) in [6.07, 6.45) is 4.27. The molecule has 4 nitrogen and oxygen atoms in total. The summed E-state index contributed by atoms with van der Waals surface area (Å²) < 4.78 is 0. The largest absolute Gasteiger partial charge is 0.324 e. The molecular formula is C17H25N3O. The number of amides is 1. The molecule has 4 heteroatoms. The average Bonchev–Trinajstić information content (AvgIpc) is 2.69. The first-order chi connectivity index (χ1) is 10.3. The van der Waals surface area contributed by atoms with Gasteiger partial charge in [-0.25, -0.2) is 0 Å². The van der Waals surface area contributed by atoms with Crippen LogP contribution in [0.2, 0.25) is 0 Å². The van der Waals surface area contributed by atoms with Crippen molar-refractivity contribution < 1.29 is 4.79 Å². The predicted octanol–water partition coefficient (Wildman–Crippen LogP) is 2.01. The average molecular weight is 287 g/mol. The van der Waals surface area contributed by atoms with Gasteiger partial charge in [-0.1, -0.05) is 25.1 Å². The van der Waals surface area contributed by atoms with E-state index in [2.05, 4.69) is 28.5 Å². The fraction of sp³-hybridized carbons (Fsp3) is 0.588. The zero-order valence-corrected chi connectivity index (χ0v) is 12.8. The number of nitrogens with one attached hydrogen (secondary N) is 2. The van der Waals surface area contributed by atoms with Gasteiger partial charge >= 0.3 is 0 Å². The quantitative estimate of drug-likeness (QED) is 0.894. The van der Waals surface area contributed by atoms with E-state index in [1.165, 1.54) is 18.4 Å². The van der Waals surface area contributed by atoms with Crippen LogP contribution in [0.3, 0.4) is 0 Å². The number of carbonyl (C=O) groups is 1. The Bertz CT molecular complexity index is 497. The third kappa shape index (κ3) is 3.11. The van der Waals surface area contributed by atoms with Crippen molar-refractivity contribution in [3.63, 3.8) is 0 Å². The van der Waals surface area contributed by atoms with E-state index in [0.29, 0.717) is 6.04 Å². The number of benzene rings is 1. The number of fused-ring (bicyclic) bond motifs is 1. The standard InChI is InChI=1S/C17H25N3O/c1-2-20(14-7-5-11-18-12-14)16-10-9-13-6-3-4-8-15(13)19-17(16)21/h3-4,6,8,14,16,18H,2,5,7,9-12H2,1H3,(H,19,21). The lowest BCUT2D eigenvalue weighted by atomic mass is 10.00. The molecule has 1 aromatic rings. The summed E-state index contributed by atoms with van der Waals surface area (Å²) in [6.45, 7) is 5.21. The van der Waals surface area contributed by atoms with E-state index in [9.17, 15) is 4.79 Å². The highest BCUT2D eigenvalue weighted by molar-refractivity contribution is 5.96. The molecule has 0 aliphatic carbocycles. The minimum absolute atomic E-state index is 0.00713. The molecule has 0 bridgehead atoms. The topological polar surface area (TPSA) is 44.4 Å². The number of anilines is 1. The van der Waals surface area contributed by atoms with Crippen molar-refractivity contribution >= 4 is 11.6 Å². The summed E-state index contributed by atoms with van der Waals surface area (Å²) in [7, 11) is 0. The van der Waals surface area contributed by atoms with Crippen LogP contribution in [0.1, 0.15) is 31.7 Å². The molecule has 2 aliphatic rings. The number of para-hydroxylation sites is 1. The molecule has 1 aromatic carbocycles. The highest BCUT2D eigenvalue weighted by Crippen LogP contribution is 2.25. The SMILES string of the molecule is CCN(C1CCCNC1)C1CCc2ccccc2NC1=O. The lowest BCUT2D eigenvalue weighted by molar-refractivity contribution is -0.122. The summed E-state index contributed by atoms with van der Waals surface area (Å²) in [5, 5.41) is 6.59. The van der Waals surface area contributed by atoms with Crippen LogP contribution in [0.25, 0.3) is 0 Å². The van der Waals surface area contributed by atoms with Crippen molar-refractivity contribution in [3.05, 3.63) is 29.8 Å². The van der Waals surface area contributed by atoms with Gasteiger partial charge in [0.15, 0.2) is 0 Å². The molecule has 114 valence electrons. The summed E-state index contributed by atoms with van der Waals surface area (Å²) in [6, 6.07) is 8.65. The maximum atomic E-state index is 12.6. The van der Waals surface area contributed by atoms with Gasteiger partial charge < -0.3 is 10.6 Å². The molecule has 2 unspecified atom stereocenters. The number of nitrogens with zero attached hydrogens (tertiary/aromatic N) is 1. The van der Waals surface area contributed by atoms with E-state index in [1.54, 1.807) is 0 Å². The normalized spacial score (nSPS) is 26.1. The summed E-state index contributed by atoms with van der Waals surface area (Å²) in [5.41, 5.74) is 2.24. The molecule has 0 radical (unpaired) electrons. The van der Waals surface area contributed by atoms with Crippen molar-refractivity contribution in [2.24, 2.45) is 0 Å². The lowest BCUT2D eigenvalue weighted by Gasteiger charge is -2.38. The monoisotopic (exact) mass is 287 g/mol. The Hall–Kier alpha value is -1.39. The van der Waals surface area contributed by atoms with Crippen molar-refractivity contribution in [1.29, 1.82) is 0 Å². The highest BCUT2D eigenvalue weighted by atomic mass is 16.2. The van der Waals surface area contributed by atoms with Crippen LogP contribution in [-0.2, 0) is 11.2 Å². The maximum Gasteiger partial charge on any atom is 0.241 e. The molecule has 0 aromatic heterocycles. The Labute approximate surface area is 126 Å². The van der Waals surface area contributed by atoms with Crippen LogP contribution >= 0.6 is 0 Å². The number of rotatable bonds is 3. The Balaban J connectivity index is 1.77. The molecule has 0 saturated carbocycles. The van der Waals surface area contributed by atoms with E-state index in [-0.39, 0.29) is 11.9 Å². The molecule has 3 rings (SSSR count). The maximum absolute atomic E-state index is 12.6. The van der Waals surface area contributed by atoms with Gasteiger partial charge in [-0.05, 0) is 50.4 Å². The van der Waals surface area contributed by atoms with E-state index in [0.717, 1.165) is 38.2 Å². The second-order valence-electron chi connectivity index (χ2n) is 6.03. The number of hydrogen-bond acceptors (Lipinski definition) is 3. The Morgan fingerprint density at radius 2 is 2.14 bits per heavy atom. The Morgan fingerprint density at radius 1 is 1.29 bits per heavy atom. The Kier molecular flexibility index (Phi) is 4.56. The second-order valence-corrected chi connectivity index (χ2v) is 6.03. The van der Waals surface area contributed by atoms with Crippen molar-refractivity contribution in [2.45, 2.75) is 44.7 Å². The molecule has 1 fully saturated rings. The van der Waals surface area contributed by atoms with E-state index in [4.69, 9.17) is 0 Å². The van der Waals surface area contributed by atoms with Gasteiger partial charge in [-0.3, -0.25) is 9.69 Å². The van der Waals surface area contributed by atoms with Crippen LogP contribution in [0.15, 0.2) is 24.3 Å². The first-order valence-electron chi connectivity index (χ1n) is 8.15. The van der Waals surface area contributed by atoms with Crippen molar-refractivity contribution in [3.8, 4) is 0 Å². The van der Waals surface area contributed by atoms with Crippen LogP contribution < -0.4 is 10.6 Å². The molecule has 1 saturated heterocycles. The van der Waals surface area contributed by atoms with Crippen LogP contribution in [-0.4, -0.2) is 42.5 Å². The van der Waals surface area contributed by atoms with Crippen molar-refractivity contribution in [1.82, 2.24) is 10.2 Å². The predicted molar refractivity (Wildman–Crippen MR) is 85.5 cm³/mol. The fourth-order valence-corrected chi connectivity index (χ4v) is 3.67. The smallest absolute Gasteiger partial charge is 0.241 e. The minimum atomic E-state index is -0.00713. The molecule has 2 heterocycles. The van der Waals surface area contributed by atoms with Gasteiger partial charge in [0.1, 0.15) is 0 Å². The number of carbonyl (C=O) groups excluding carboxylic acids is 1. The van der Waals surface area contributed by atoms with Gasteiger partial charge in [0, 0.05) is 18.3 Å². The number of aryl methyl sites for hydroxylation is 1. The fourth-order valence-electron chi connectivity index (χ4n) is 3.67. The second kappa shape index (κ2) is 6.58. The van der Waals surface area contributed by atoms with Crippen molar-refractivity contribution in [2.75, 3.05) is 25.0 Å².